The van der Waals surface area contributed by atoms with Gasteiger partial charge in [0.15, 0.2) is 0 Å². The second-order valence-electron chi connectivity index (χ2n) is 2.44. The summed E-state index contributed by atoms with van der Waals surface area (Å²) in [5.41, 5.74) is 0. The van der Waals surface area contributed by atoms with E-state index in [-0.39, 0.29) is 0 Å². The molecule has 0 fully saturated rings. The molecule has 1 heterocycles. The number of halogens is 2. The van der Waals surface area contributed by atoms with Crippen molar-refractivity contribution in [2.24, 2.45) is 0 Å². The van der Waals surface area contributed by atoms with E-state index < -0.39 is 0 Å². The summed E-state index contributed by atoms with van der Waals surface area (Å²) in [6.07, 6.45) is 4.69. The predicted molar refractivity (Wildman–Crippen MR) is 68.9 cm³/mol. The van der Waals surface area contributed by atoms with Crippen LogP contribution in [0.15, 0.2) is 22.0 Å². The van der Waals surface area contributed by atoms with Gasteiger partial charge in [0.2, 0.25) is 0 Å². The number of rotatable bonds is 3. The minimum Gasteiger partial charge on any atom is -0.128 e. The van der Waals surface area contributed by atoms with Gasteiger partial charge in [-0.3, -0.25) is 0 Å². The summed E-state index contributed by atoms with van der Waals surface area (Å²) >= 11 is 7.64. The molecule has 0 saturated carbocycles. The fourth-order valence-corrected chi connectivity index (χ4v) is 2.95. The van der Waals surface area contributed by atoms with Crippen molar-refractivity contribution in [3.63, 3.8) is 0 Å². The molecule has 1 aromatic heterocycles. The standard InChI is InChI=1S/C9H10BrIS/c1-2-3-4-7(11)8-5-6-9(10)12-8/h4-6H,2-3H2,1H3/b7-4-. The van der Waals surface area contributed by atoms with Gasteiger partial charge in [0.05, 0.1) is 3.79 Å². The third kappa shape index (κ3) is 3.18. The lowest BCUT2D eigenvalue weighted by Crippen LogP contribution is -1.67. The lowest BCUT2D eigenvalue weighted by molar-refractivity contribution is 0.962. The van der Waals surface area contributed by atoms with Gasteiger partial charge in [0.1, 0.15) is 0 Å². The number of hydrogen-bond acceptors (Lipinski definition) is 1. The molecule has 0 bridgehead atoms. The van der Waals surface area contributed by atoms with Gasteiger partial charge in [-0.2, -0.15) is 0 Å². The number of thiophene rings is 1. The second-order valence-corrected chi connectivity index (χ2v) is 6.07. The lowest BCUT2D eigenvalue weighted by atomic mass is 10.3. The van der Waals surface area contributed by atoms with E-state index in [0.29, 0.717) is 0 Å². The van der Waals surface area contributed by atoms with E-state index in [2.05, 4.69) is 63.7 Å². The molecule has 0 aliphatic heterocycles. The van der Waals surface area contributed by atoms with Crippen molar-refractivity contribution in [2.45, 2.75) is 19.8 Å². The van der Waals surface area contributed by atoms with E-state index in [1.54, 1.807) is 11.3 Å². The van der Waals surface area contributed by atoms with E-state index in [0.717, 1.165) is 0 Å². The summed E-state index contributed by atoms with van der Waals surface area (Å²) in [5, 5.41) is 0. The van der Waals surface area contributed by atoms with Gasteiger partial charge in [-0.05, 0) is 57.1 Å². The molecule has 1 aromatic rings. The zero-order valence-corrected chi connectivity index (χ0v) is 11.4. The summed E-state index contributed by atoms with van der Waals surface area (Å²) in [6.45, 7) is 2.20. The summed E-state index contributed by atoms with van der Waals surface area (Å²) in [4.78, 5) is 1.36. The Hall–Kier alpha value is 0.650. The molecule has 0 atom stereocenters. The number of unbranched alkanes of at least 4 members (excludes halogenated alkanes) is 1. The van der Waals surface area contributed by atoms with Gasteiger partial charge in [0, 0.05) is 8.46 Å². The molecule has 0 radical (unpaired) electrons. The van der Waals surface area contributed by atoms with Crippen LogP contribution in [0.3, 0.4) is 0 Å². The Bertz CT molecular complexity index is 278. The number of hydrogen-bond donors (Lipinski definition) is 0. The maximum Gasteiger partial charge on any atom is 0.0705 e. The highest BCUT2D eigenvalue weighted by molar-refractivity contribution is 14.1. The fourth-order valence-electron chi connectivity index (χ4n) is 0.814. The van der Waals surface area contributed by atoms with Crippen LogP contribution in [-0.4, -0.2) is 0 Å². The molecule has 12 heavy (non-hydrogen) atoms. The minimum atomic E-state index is 1.17. The second kappa shape index (κ2) is 5.40. The summed E-state index contributed by atoms with van der Waals surface area (Å²) in [5.74, 6) is 0. The largest absolute Gasteiger partial charge is 0.128 e. The molecule has 0 unspecified atom stereocenters. The van der Waals surface area contributed by atoms with Crippen molar-refractivity contribution >= 4 is 53.4 Å². The molecule has 0 saturated heterocycles. The van der Waals surface area contributed by atoms with Crippen LogP contribution in [0.1, 0.15) is 24.6 Å². The predicted octanol–water partition coefficient (Wildman–Crippen LogP) is 5.09. The van der Waals surface area contributed by atoms with Crippen molar-refractivity contribution in [2.75, 3.05) is 0 Å². The first-order valence-electron chi connectivity index (χ1n) is 3.85. The highest BCUT2D eigenvalue weighted by Gasteiger charge is 1.99. The molecule has 0 amide bonds. The summed E-state index contributed by atoms with van der Waals surface area (Å²) < 4.78 is 2.57. The molecule has 0 aliphatic carbocycles. The molecular weight excluding hydrogens is 347 g/mol. The van der Waals surface area contributed by atoms with Crippen LogP contribution in [-0.2, 0) is 0 Å². The third-order valence-electron chi connectivity index (χ3n) is 1.42. The Morgan fingerprint density at radius 2 is 2.42 bits per heavy atom. The van der Waals surface area contributed by atoms with Crippen LogP contribution in [0, 0.1) is 0 Å². The van der Waals surface area contributed by atoms with Crippen LogP contribution < -0.4 is 0 Å². The molecule has 1 rings (SSSR count). The Balaban J connectivity index is 2.70. The van der Waals surface area contributed by atoms with Crippen LogP contribution in [0.2, 0.25) is 0 Å². The molecule has 66 valence electrons. The first-order chi connectivity index (χ1) is 5.74. The molecule has 0 aromatic carbocycles. The quantitative estimate of drug-likeness (QED) is 0.662. The highest BCUT2D eigenvalue weighted by atomic mass is 127. The lowest BCUT2D eigenvalue weighted by Gasteiger charge is -1.92. The van der Waals surface area contributed by atoms with Crippen molar-refractivity contribution in [1.29, 1.82) is 0 Å². The van der Waals surface area contributed by atoms with Gasteiger partial charge < -0.3 is 0 Å². The van der Waals surface area contributed by atoms with Gasteiger partial charge in [0.25, 0.3) is 0 Å². The van der Waals surface area contributed by atoms with Gasteiger partial charge in [-0.25, -0.2) is 0 Å². The van der Waals surface area contributed by atoms with Crippen molar-refractivity contribution < 1.29 is 0 Å². The molecule has 0 spiro atoms. The molecule has 0 nitrogen and oxygen atoms in total. The van der Waals surface area contributed by atoms with Crippen molar-refractivity contribution in [3.05, 3.63) is 26.9 Å². The monoisotopic (exact) mass is 356 g/mol. The molecule has 0 aliphatic rings. The Kier molecular flexibility index (Phi) is 4.82. The fraction of sp³-hybridized carbons (Fsp3) is 0.333. The SMILES string of the molecule is CCC/C=C(\I)c1ccc(Br)s1. The van der Waals surface area contributed by atoms with Gasteiger partial charge in [-0.15, -0.1) is 11.3 Å². The van der Waals surface area contributed by atoms with E-state index in [1.165, 1.54) is 25.1 Å². The van der Waals surface area contributed by atoms with E-state index in [9.17, 15) is 0 Å². The first kappa shape index (κ1) is 10.7. The average Bonchev–Trinajstić information content (AvgIpc) is 2.47. The Morgan fingerprint density at radius 3 is 2.92 bits per heavy atom. The smallest absolute Gasteiger partial charge is 0.0705 e. The third-order valence-corrected chi connectivity index (χ3v) is 4.47. The minimum absolute atomic E-state index is 1.17. The van der Waals surface area contributed by atoms with Gasteiger partial charge >= 0.3 is 0 Å². The van der Waals surface area contributed by atoms with E-state index >= 15 is 0 Å². The van der Waals surface area contributed by atoms with Crippen LogP contribution >= 0.6 is 49.9 Å². The van der Waals surface area contributed by atoms with E-state index in [1.807, 2.05) is 0 Å². The highest BCUT2D eigenvalue weighted by Crippen LogP contribution is 2.31. The van der Waals surface area contributed by atoms with Crippen LogP contribution in [0.25, 0.3) is 3.58 Å². The Labute approximate surface area is 99.3 Å². The van der Waals surface area contributed by atoms with Gasteiger partial charge in [-0.1, -0.05) is 19.4 Å². The summed E-state index contributed by atoms with van der Waals surface area (Å²) in [7, 11) is 0. The summed E-state index contributed by atoms with van der Waals surface area (Å²) in [6, 6.07) is 4.25. The zero-order chi connectivity index (χ0) is 8.97. The average molecular weight is 357 g/mol. The zero-order valence-electron chi connectivity index (χ0n) is 6.81. The molecule has 3 heteroatoms. The van der Waals surface area contributed by atoms with Crippen LogP contribution in [0.5, 0.6) is 0 Å². The Morgan fingerprint density at radius 1 is 1.67 bits per heavy atom. The first-order valence-corrected chi connectivity index (χ1v) is 6.54. The van der Waals surface area contributed by atoms with Crippen molar-refractivity contribution in [1.82, 2.24) is 0 Å². The molecular formula is C9H10BrIS. The topological polar surface area (TPSA) is 0 Å². The van der Waals surface area contributed by atoms with Crippen molar-refractivity contribution in [3.8, 4) is 0 Å². The normalized spacial score (nSPS) is 12.1. The molecule has 0 N–H and O–H groups in total. The van der Waals surface area contributed by atoms with Crippen LogP contribution in [0.4, 0.5) is 0 Å². The maximum absolute atomic E-state index is 3.46. The maximum atomic E-state index is 3.46. The number of allylic oxidation sites excluding steroid dienone is 1. The van der Waals surface area contributed by atoms with E-state index in [4.69, 9.17) is 0 Å².